The zero-order chi connectivity index (χ0) is 21.2. The van der Waals surface area contributed by atoms with Gasteiger partial charge in [-0.3, -0.25) is 4.79 Å². The van der Waals surface area contributed by atoms with Crippen LogP contribution in [0, 0.1) is 11.3 Å². The summed E-state index contributed by atoms with van der Waals surface area (Å²) in [6.07, 6.45) is -2.05. The fourth-order valence-corrected chi connectivity index (χ4v) is 2.45. The molecule has 148 valence electrons. The van der Waals surface area contributed by atoms with Gasteiger partial charge in [-0.1, -0.05) is 12.1 Å². The second kappa shape index (κ2) is 7.63. The number of nitrogens with zero attached hydrogens (tertiary/aromatic N) is 4. The zero-order valence-electron chi connectivity index (χ0n) is 15.0. The van der Waals surface area contributed by atoms with E-state index in [0.29, 0.717) is 16.7 Å². The first-order valence-electron chi connectivity index (χ1n) is 8.32. The Bertz CT molecular complexity index is 1070. The van der Waals surface area contributed by atoms with E-state index in [2.05, 4.69) is 10.1 Å². The molecule has 1 amide bonds. The quantitative estimate of drug-likeness (QED) is 0.699. The van der Waals surface area contributed by atoms with Crippen molar-refractivity contribution in [1.82, 2.24) is 20.1 Å². The first kappa shape index (κ1) is 19.9. The lowest BCUT2D eigenvalue weighted by Crippen LogP contribution is -2.43. The lowest BCUT2D eigenvalue weighted by molar-refractivity contribution is -0.149. The first-order valence-corrected chi connectivity index (χ1v) is 8.32. The Morgan fingerprint density at radius 1 is 1.21 bits per heavy atom. The van der Waals surface area contributed by atoms with Gasteiger partial charge in [0.15, 0.2) is 5.82 Å². The molecule has 10 heteroatoms. The number of carbonyl (C=O) groups excluding carboxylic acids is 1. The summed E-state index contributed by atoms with van der Waals surface area (Å²) in [6, 6.07) is 9.13. The van der Waals surface area contributed by atoms with Crippen molar-refractivity contribution in [2.45, 2.75) is 19.1 Å². The number of nitriles is 1. The van der Waals surface area contributed by atoms with Crippen LogP contribution >= 0.6 is 0 Å². The van der Waals surface area contributed by atoms with Crippen LogP contribution in [-0.4, -0.2) is 38.0 Å². The van der Waals surface area contributed by atoms with E-state index in [1.807, 2.05) is 11.4 Å². The van der Waals surface area contributed by atoms with Crippen LogP contribution in [0.15, 0.2) is 48.8 Å². The molecule has 7 nitrogen and oxygen atoms in total. The minimum atomic E-state index is -4.55. The van der Waals surface area contributed by atoms with Crippen LogP contribution in [0.5, 0.6) is 5.88 Å². The maximum Gasteiger partial charge on any atom is 0.408 e. The summed E-state index contributed by atoms with van der Waals surface area (Å²) in [5, 5.41) is 25.2. The number of aromatic nitrogens is 3. The third kappa shape index (κ3) is 4.19. The van der Waals surface area contributed by atoms with Crippen LogP contribution in [0.3, 0.4) is 0 Å². The normalized spacial score (nSPS) is 12.2. The second-order valence-corrected chi connectivity index (χ2v) is 6.12. The van der Waals surface area contributed by atoms with E-state index in [1.54, 1.807) is 24.3 Å². The molecule has 0 unspecified atom stereocenters. The number of nitrogens with one attached hydrogen (secondary N) is 1. The number of benzene rings is 1. The minimum absolute atomic E-state index is 0.0659. The molecule has 1 atom stereocenters. The number of hydrogen-bond donors (Lipinski definition) is 2. The number of aromatic hydroxyl groups is 1. The number of carbonyl (C=O) groups is 1. The number of alkyl halides is 3. The number of hydrogen-bond acceptors (Lipinski definition) is 5. The van der Waals surface area contributed by atoms with E-state index < -0.39 is 18.1 Å². The summed E-state index contributed by atoms with van der Waals surface area (Å²) in [5.41, 5.74) is 1.43. The minimum Gasteiger partial charge on any atom is -0.493 e. The predicted molar refractivity (Wildman–Crippen MR) is 96.2 cm³/mol. The fourth-order valence-electron chi connectivity index (χ4n) is 2.45. The molecule has 0 fully saturated rings. The van der Waals surface area contributed by atoms with Gasteiger partial charge in [-0.2, -0.15) is 28.2 Å². The van der Waals surface area contributed by atoms with Crippen LogP contribution in [-0.2, 0) is 0 Å². The van der Waals surface area contributed by atoms with Crippen LogP contribution in [0.1, 0.15) is 22.8 Å². The first-order chi connectivity index (χ1) is 13.7. The van der Waals surface area contributed by atoms with E-state index in [9.17, 15) is 23.1 Å². The van der Waals surface area contributed by atoms with Crippen LogP contribution in [0.4, 0.5) is 13.2 Å². The van der Waals surface area contributed by atoms with E-state index in [1.165, 1.54) is 18.3 Å². The lowest BCUT2D eigenvalue weighted by atomic mass is 10.1. The van der Waals surface area contributed by atoms with Gasteiger partial charge in [-0.25, -0.2) is 4.98 Å². The van der Waals surface area contributed by atoms with Gasteiger partial charge >= 0.3 is 6.18 Å². The summed E-state index contributed by atoms with van der Waals surface area (Å²) >= 11 is 0. The smallest absolute Gasteiger partial charge is 0.408 e. The highest BCUT2D eigenvalue weighted by Gasteiger charge is 2.37. The van der Waals surface area contributed by atoms with Gasteiger partial charge in [0.1, 0.15) is 6.04 Å². The van der Waals surface area contributed by atoms with Crippen LogP contribution in [0.2, 0.25) is 0 Å². The van der Waals surface area contributed by atoms with Crippen molar-refractivity contribution < 1.29 is 23.1 Å². The molecule has 0 aliphatic heterocycles. The van der Waals surface area contributed by atoms with E-state index in [4.69, 9.17) is 5.26 Å². The van der Waals surface area contributed by atoms with Crippen molar-refractivity contribution >= 4 is 5.91 Å². The van der Waals surface area contributed by atoms with Crippen molar-refractivity contribution in [2.75, 3.05) is 0 Å². The number of pyridine rings is 1. The maximum atomic E-state index is 12.6. The van der Waals surface area contributed by atoms with Gasteiger partial charge in [-0.05, 0) is 36.8 Å². The standard InChI is InChI=1S/C19H14F3N5O2/c1-11(19(20,21)22)26-17(28)14-6-7-16(24-9-14)27-18(29)15(10-25-27)13-4-2-12(8-23)3-5-13/h2-7,9-11,29H,1H3,(H,26,28)/t11-/m0/s1. The average Bonchev–Trinajstić information content (AvgIpc) is 3.08. The molecule has 0 spiro atoms. The highest BCUT2D eigenvalue weighted by Crippen LogP contribution is 2.30. The molecule has 2 aromatic heterocycles. The highest BCUT2D eigenvalue weighted by molar-refractivity contribution is 5.94. The van der Waals surface area contributed by atoms with E-state index in [-0.39, 0.29) is 17.3 Å². The number of halogens is 3. The summed E-state index contributed by atoms with van der Waals surface area (Å²) in [6.45, 7) is 0.839. The highest BCUT2D eigenvalue weighted by atomic mass is 19.4. The Balaban J connectivity index is 1.81. The van der Waals surface area contributed by atoms with Gasteiger partial charge in [-0.15, -0.1) is 0 Å². The van der Waals surface area contributed by atoms with Gasteiger partial charge in [0.05, 0.1) is 29.0 Å². The number of rotatable bonds is 4. The molecule has 29 heavy (non-hydrogen) atoms. The zero-order valence-corrected chi connectivity index (χ0v) is 15.0. The SMILES string of the molecule is C[C@H](NC(=O)c1ccc(-n2ncc(-c3ccc(C#N)cc3)c2O)nc1)C(F)(F)F. The summed E-state index contributed by atoms with van der Waals surface area (Å²) < 4.78 is 38.8. The van der Waals surface area contributed by atoms with Gasteiger partial charge in [0.2, 0.25) is 5.88 Å². The molecule has 0 radical (unpaired) electrons. The third-order valence-electron chi connectivity index (χ3n) is 4.13. The molecular weight excluding hydrogens is 387 g/mol. The second-order valence-electron chi connectivity index (χ2n) is 6.12. The fraction of sp³-hybridized carbons (Fsp3) is 0.158. The molecule has 1 aromatic carbocycles. The molecule has 3 aromatic rings. The number of amides is 1. The Morgan fingerprint density at radius 2 is 1.90 bits per heavy atom. The van der Waals surface area contributed by atoms with Crippen molar-refractivity contribution in [3.8, 4) is 28.9 Å². The average molecular weight is 401 g/mol. The Labute approximate surface area is 163 Å². The van der Waals surface area contributed by atoms with Crippen molar-refractivity contribution in [3.63, 3.8) is 0 Å². The molecule has 0 aliphatic rings. The van der Waals surface area contributed by atoms with Crippen LogP contribution in [0.25, 0.3) is 16.9 Å². The lowest BCUT2D eigenvalue weighted by Gasteiger charge is -2.17. The van der Waals surface area contributed by atoms with Crippen molar-refractivity contribution in [2.24, 2.45) is 0 Å². The maximum absolute atomic E-state index is 12.6. The van der Waals surface area contributed by atoms with Gasteiger partial charge < -0.3 is 10.4 Å². The molecule has 0 saturated heterocycles. The Hall–Kier alpha value is -3.87. The Morgan fingerprint density at radius 3 is 2.45 bits per heavy atom. The summed E-state index contributed by atoms with van der Waals surface area (Å²) in [4.78, 5) is 15.9. The van der Waals surface area contributed by atoms with Gasteiger partial charge in [0, 0.05) is 6.20 Å². The summed E-state index contributed by atoms with van der Waals surface area (Å²) in [7, 11) is 0. The van der Waals surface area contributed by atoms with E-state index in [0.717, 1.165) is 17.8 Å². The molecular formula is C19H14F3N5O2. The molecule has 3 rings (SSSR count). The monoisotopic (exact) mass is 401 g/mol. The van der Waals surface area contributed by atoms with Gasteiger partial charge in [0.25, 0.3) is 5.91 Å². The molecule has 0 saturated carbocycles. The third-order valence-corrected chi connectivity index (χ3v) is 4.13. The molecule has 2 N–H and O–H groups in total. The topological polar surface area (TPSA) is 104 Å². The van der Waals surface area contributed by atoms with E-state index >= 15 is 0 Å². The largest absolute Gasteiger partial charge is 0.493 e. The van der Waals surface area contributed by atoms with Crippen LogP contribution < -0.4 is 5.32 Å². The van der Waals surface area contributed by atoms with Crippen molar-refractivity contribution in [3.05, 3.63) is 59.9 Å². The predicted octanol–water partition coefficient (Wildman–Crippen LogP) is 3.19. The molecule has 0 bridgehead atoms. The van der Waals surface area contributed by atoms with Crippen molar-refractivity contribution in [1.29, 1.82) is 5.26 Å². The summed E-state index contributed by atoms with van der Waals surface area (Å²) in [5.74, 6) is -0.968. The molecule has 0 aliphatic carbocycles. The Kier molecular flexibility index (Phi) is 5.23. The molecule has 2 heterocycles.